The molecule has 0 saturated carbocycles. The molecule has 0 amide bonds. The molecular formula is C14H22N4O2. The number of methoxy groups -OCH3 is 1. The normalized spacial score (nSPS) is 17.5. The molecule has 1 unspecified atom stereocenters. The Morgan fingerprint density at radius 1 is 1.35 bits per heavy atom. The number of hydrogen-bond acceptors (Lipinski definition) is 6. The van der Waals surface area contributed by atoms with Crippen LogP contribution in [0, 0.1) is 0 Å². The van der Waals surface area contributed by atoms with Crippen molar-refractivity contribution >= 4 is 11.8 Å². The lowest BCUT2D eigenvalue weighted by molar-refractivity contribution is 0.0593. The van der Waals surface area contributed by atoms with Crippen molar-refractivity contribution in [3.05, 3.63) is 17.8 Å². The van der Waals surface area contributed by atoms with E-state index >= 15 is 0 Å². The highest BCUT2D eigenvalue weighted by Gasteiger charge is 2.16. The minimum absolute atomic E-state index is 0.224. The number of aromatic nitrogens is 2. The molecule has 2 rings (SSSR count). The number of rotatable bonds is 5. The molecule has 0 aromatic carbocycles. The van der Waals surface area contributed by atoms with Crippen molar-refractivity contribution in [2.24, 2.45) is 0 Å². The van der Waals surface area contributed by atoms with E-state index in [0.717, 1.165) is 6.54 Å². The van der Waals surface area contributed by atoms with Crippen LogP contribution >= 0.6 is 0 Å². The summed E-state index contributed by atoms with van der Waals surface area (Å²) in [5, 5.41) is 11.1. The van der Waals surface area contributed by atoms with Gasteiger partial charge in [0.05, 0.1) is 7.11 Å². The molecule has 0 bridgehead atoms. The number of carbonyl (C=O) groups excluding carboxylic acids is 1. The van der Waals surface area contributed by atoms with Crippen LogP contribution in [-0.2, 0) is 4.74 Å². The molecule has 1 N–H and O–H groups in total. The van der Waals surface area contributed by atoms with Crippen LogP contribution in [0.3, 0.4) is 0 Å². The molecule has 110 valence electrons. The summed E-state index contributed by atoms with van der Waals surface area (Å²) in [6, 6.07) is 3.84. The number of hydrogen-bond donors (Lipinski definition) is 1. The van der Waals surface area contributed by atoms with Crippen LogP contribution in [0.15, 0.2) is 12.1 Å². The van der Waals surface area contributed by atoms with Gasteiger partial charge in [0.25, 0.3) is 0 Å². The van der Waals surface area contributed by atoms with Gasteiger partial charge < -0.3 is 10.1 Å². The van der Waals surface area contributed by atoms with Gasteiger partial charge in [0.1, 0.15) is 5.82 Å². The van der Waals surface area contributed by atoms with E-state index in [-0.39, 0.29) is 5.69 Å². The zero-order valence-electron chi connectivity index (χ0n) is 12.1. The maximum absolute atomic E-state index is 11.2. The van der Waals surface area contributed by atoms with Crippen LogP contribution in [0.2, 0.25) is 0 Å². The number of nitrogens with one attached hydrogen (secondary N) is 1. The monoisotopic (exact) mass is 278 g/mol. The fraction of sp³-hybridized carbons (Fsp3) is 0.643. The predicted molar refractivity (Wildman–Crippen MR) is 76.7 cm³/mol. The Labute approximate surface area is 119 Å². The summed E-state index contributed by atoms with van der Waals surface area (Å²) in [7, 11) is 1.33. The first kappa shape index (κ1) is 14.7. The first-order chi connectivity index (χ1) is 9.70. The van der Waals surface area contributed by atoms with Gasteiger partial charge in [-0.25, -0.2) is 4.79 Å². The molecule has 6 nitrogen and oxygen atoms in total. The van der Waals surface area contributed by atoms with Crippen molar-refractivity contribution in [3.8, 4) is 0 Å². The number of ether oxygens (including phenoxy) is 1. The van der Waals surface area contributed by atoms with Crippen molar-refractivity contribution in [3.63, 3.8) is 0 Å². The number of carbonyl (C=O) groups is 1. The summed E-state index contributed by atoms with van der Waals surface area (Å²) in [6.07, 6.45) is 3.92. The number of nitrogens with zero attached hydrogens (tertiary/aromatic N) is 3. The van der Waals surface area contributed by atoms with E-state index in [4.69, 9.17) is 0 Å². The van der Waals surface area contributed by atoms with E-state index in [1.165, 1.54) is 39.5 Å². The fourth-order valence-corrected chi connectivity index (χ4v) is 2.38. The summed E-state index contributed by atoms with van der Waals surface area (Å²) in [4.78, 5) is 13.7. The number of likely N-dealkylation sites (tertiary alicyclic amines) is 1. The first-order valence-electron chi connectivity index (χ1n) is 7.10. The van der Waals surface area contributed by atoms with Gasteiger partial charge >= 0.3 is 5.97 Å². The van der Waals surface area contributed by atoms with Gasteiger partial charge in [0.15, 0.2) is 5.69 Å². The van der Waals surface area contributed by atoms with Gasteiger partial charge in [-0.3, -0.25) is 4.90 Å². The minimum atomic E-state index is -0.467. The van der Waals surface area contributed by atoms with Crippen LogP contribution in [0.1, 0.15) is 36.7 Å². The van der Waals surface area contributed by atoms with Crippen LogP contribution < -0.4 is 5.32 Å². The third-order valence-electron chi connectivity index (χ3n) is 3.65. The van der Waals surface area contributed by atoms with E-state index in [9.17, 15) is 4.79 Å². The molecule has 1 aromatic heterocycles. The summed E-state index contributed by atoms with van der Waals surface area (Å²) in [6.45, 7) is 5.40. The summed E-state index contributed by atoms with van der Waals surface area (Å²) < 4.78 is 4.59. The largest absolute Gasteiger partial charge is 0.464 e. The van der Waals surface area contributed by atoms with Gasteiger partial charge in [-0.2, -0.15) is 0 Å². The highest BCUT2D eigenvalue weighted by molar-refractivity contribution is 5.86. The quantitative estimate of drug-likeness (QED) is 0.824. The Balaban J connectivity index is 1.82. The second-order valence-corrected chi connectivity index (χ2v) is 5.12. The third kappa shape index (κ3) is 3.90. The molecule has 1 aliphatic heterocycles. The lowest BCUT2D eigenvalue weighted by atomic mass is 10.1. The predicted octanol–water partition coefficient (Wildman–Crippen LogP) is 1.55. The van der Waals surface area contributed by atoms with Gasteiger partial charge in [0, 0.05) is 12.6 Å². The Morgan fingerprint density at radius 2 is 2.10 bits per heavy atom. The summed E-state index contributed by atoms with van der Waals surface area (Å²) in [5.74, 6) is 0.215. The van der Waals surface area contributed by atoms with Crippen molar-refractivity contribution in [2.75, 3.05) is 32.1 Å². The molecule has 1 saturated heterocycles. The molecule has 1 aromatic rings. The molecule has 20 heavy (non-hydrogen) atoms. The SMILES string of the molecule is COC(=O)c1ccc(NCC(C)N2CCCCC2)nn1. The standard InChI is InChI=1S/C14H22N4O2/c1-11(18-8-4-3-5-9-18)10-15-13-7-6-12(16-17-13)14(19)20-2/h6-7,11H,3-5,8-10H2,1-2H3,(H,15,17). The van der Waals surface area contributed by atoms with Crippen molar-refractivity contribution in [1.29, 1.82) is 0 Å². The topological polar surface area (TPSA) is 67.3 Å². The second-order valence-electron chi connectivity index (χ2n) is 5.12. The molecular weight excluding hydrogens is 256 g/mol. The van der Waals surface area contributed by atoms with E-state index in [0.29, 0.717) is 11.9 Å². The highest BCUT2D eigenvalue weighted by Crippen LogP contribution is 2.12. The van der Waals surface area contributed by atoms with E-state index in [1.807, 2.05) is 0 Å². The number of esters is 1. The third-order valence-corrected chi connectivity index (χ3v) is 3.65. The van der Waals surface area contributed by atoms with Crippen molar-refractivity contribution in [1.82, 2.24) is 15.1 Å². The second kappa shape index (κ2) is 7.19. The molecule has 0 spiro atoms. The van der Waals surface area contributed by atoms with Crippen LogP contribution in [0.4, 0.5) is 5.82 Å². The summed E-state index contributed by atoms with van der Waals surface area (Å²) in [5.41, 5.74) is 0.224. The Bertz CT molecular complexity index is 429. The Morgan fingerprint density at radius 3 is 2.70 bits per heavy atom. The highest BCUT2D eigenvalue weighted by atomic mass is 16.5. The van der Waals surface area contributed by atoms with Gasteiger partial charge in [0.2, 0.25) is 0 Å². The summed E-state index contributed by atoms with van der Waals surface area (Å²) >= 11 is 0. The van der Waals surface area contributed by atoms with E-state index in [2.05, 4.69) is 32.1 Å². The van der Waals surface area contributed by atoms with Gasteiger partial charge in [-0.15, -0.1) is 10.2 Å². The maximum atomic E-state index is 11.2. The van der Waals surface area contributed by atoms with Gasteiger partial charge in [-0.05, 0) is 45.0 Å². The average Bonchev–Trinajstić information content (AvgIpc) is 2.53. The molecule has 6 heteroatoms. The zero-order valence-corrected chi connectivity index (χ0v) is 12.1. The van der Waals surface area contributed by atoms with Crippen molar-refractivity contribution < 1.29 is 9.53 Å². The molecule has 1 atom stereocenters. The van der Waals surface area contributed by atoms with Crippen LogP contribution in [0.5, 0.6) is 0 Å². The molecule has 0 aliphatic carbocycles. The average molecular weight is 278 g/mol. The van der Waals surface area contributed by atoms with Crippen LogP contribution in [-0.4, -0.2) is 53.9 Å². The molecule has 0 radical (unpaired) electrons. The van der Waals surface area contributed by atoms with Gasteiger partial charge in [-0.1, -0.05) is 6.42 Å². The smallest absolute Gasteiger partial charge is 0.358 e. The van der Waals surface area contributed by atoms with E-state index in [1.54, 1.807) is 12.1 Å². The lowest BCUT2D eigenvalue weighted by Crippen LogP contribution is -2.41. The zero-order chi connectivity index (χ0) is 14.4. The lowest BCUT2D eigenvalue weighted by Gasteiger charge is -2.32. The maximum Gasteiger partial charge on any atom is 0.358 e. The number of piperidine rings is 1. The van der Waals surface area contributed by atoms with Crippen molar-refractivity contribution in [2.45, 2.75) is 32.2 Å². The molecule has 1 fully saturated rings. The van der Waals surface area contributed by atoms with Crippen LogP contribution in [0.25, 0.3) is 0 Å². The fourth-order valence-electron chi connectivity index (χ4n) is 2.38. The van der Waals surface area contributed by atoms with E-state index < -0.39 is 5.97 Å². The molecule has 2 heterocycles. The molecule has 1 aliphatic rings. The minimum Gasteiger partial charge on any atom is -0.464 e. The number of anilines is 1. The Hall–Kier alpha value is -1.69. The Kier molecular flexibility index (Phi) is 5.29. The first-order valence-corrected chi connectivity index (χ1v) is 7.10.